The molecule has 0 aromatic heterocycles. The van der Waals surface area contributed by atoms with E-state index in [1.165, 1.54) is 0 Å². The molecular weight excluding hydrogens is 1220 g/mol. The summed E-state index contributed by atoms with van der Waals surface area (Å²) in [6.07, 6.45) is 7.03. The molecule has 23 heteroatoms. The van der Waals surface area contributed by atoms with Crippen molar-refractivity contribution in [1.29, 1.82) is 0 Å². The van der Waals surface area contributed by atoms with E-state index in [1.807, 2.05) is 130 Å². The molecule has 8 amide bonds. The quantitative estimate of drug-likeness (QED) is 0.0266. The van der Waals surface area contributed by atoms with Gasteiger partial charge in [-0.3, -0.25) is 33.6 Å². The van der Waals surface area contributed by atoms with Crippen LogP contribution >= 0.6 is 12.4 Å². The number of nitrogens with one attached hydrogen (secondary N) is 4. The lowest BCUT2D eigenvalue weighted by molar-refractivity contribution is -0.145. The Labute approximate surface area is 566 Å². The number of aliphatic hydroxyl groups is 1. The van der Waals surface area contributed by atoms with Gasteiger partial charge >= 0.3 is 6.03 Å². The number of aliphatic imine (C=N–C) groups is 1. The zero-order valence-corrected chi connectivity index (χ0v) is 56.9. The number of benzene rings is 2. The zero-order valence-electron chi connectivity index (χ0n) is 56.1. The molecule has 11 atom stereocenters. The Hall–Kier alpha value is -6.29. The van der Waals surface area contributed by atoms with Crippen molar-refractivity contribution in [3.05, 3.63) is 71.8 Å². The van der Waals surface area contributed by atoms with Crippen LogP contribution in [0.3, 0.4) is 0 Å². The van der Waals surface area contributed by atoms with Gasteiger partial charge in [-0.25, -0.2) is 9.59 Å². The largest absolute Gasteiger partial charge is 0.381 e. The number of carbonyl (C=O) groups excluding carboxylic acids is 9. The first-order valence-electron chi connectivity index (χ1n) is 32.0. The predicted octanol–water partition coefficient (Wildman–Crippen LogP) is 7.92. The Kier molecular flexibility index (Phi) is 30.4. The number of nitrogens with two attached hydrogens (primary N) is 3. The number of halogens is 1. The number of nitrogens with zero attached hydrogens (tertiary/aromatic N) is 3. The molecule has 4 aliphatic carbocycles. The van der Waals surface area contributed by atoms with Crippen LogP contribution in [0.4, 0.5) is 4.79 Å². The first-order chi connectivity index (χ1) is 41.8. The minimum Gasteiger partial charge on any atom is -0.381 e. The molecule has 6 aliphatic rings. The Morgan fingerprint density at radius 1 is 0.649 bits per heavy atom. The molecule has 2 aromatic carbocycles. The molecule has 22 nitrogen and oxygen atoms in total. The molecule has 11 N–H and O–H groups in total. The van der Waals surface area contributed by atoms with Crippen molar-refractivity contribution in [3.8, 4) is 0 Å². The molecule has 2 saturated heterocycles. The monoisotopic (exact) mass is 1340 g/mol. The van der Waals surface area contributed by atoms with Crippen LogP contribution < -0.4 is 38.5 Å². The Morgan fingerprint density at radius 3 is 1.49 bits per heavy atom. The van der Waals surface area contributed by atoms with Gasteiger partial charge in [0, 0.05) is 13.1 Å². The van der Waals surface area contributed by atoms with Gasteiger partial charge in [0.1, 0.15) is 18.1 Å². The second kappa shape index (κ2) is 34.1. The molecule has 8 rings (SSSR count). The second-order valence-corrected chi connectivity index (χ2v) is 30.7. The van der Waals surface area contributed by atoms with Crippen LogP contribution in [0, 0.1) is 57.2 Å². The maximum Gasteiger partial charge on any atom is 0.315 e. The number of isocyanates is 1. The van der Waals surface area contributed by atoms with E-state index in [2.05, 4.69) is 54.0 Å². The van der Waals surface area contributed by atoms with Crippen LogP contribution in [0.1, 0.15) is 182 Å². The van der Waals surface area contributed by atoms with Crippen LogP contribution in [-0.4, -0.2) is 148 Å². The third kappa shape index (κ3) is 21.6. The van der Waals surface area contributed by atoms with Gasteiger partial charge in [-0.1, -0.05) is 191 Å². The lowest BCUT2D eigenvalue weighted by Gasteiger charge is -2.38. The van der Waals surface area contributed by atoms with E-state index >= 15 is 0 Å². The lowest BCUT2D eigenvalue weighted by Crippen LogP contribution is -2.62. The number of amides is 8. The summed E-state index contributed by atoms with van der Waals surface area (Å²) in [4.78, 5) is 121. The van der Waals surface area contributed by atoms with E-state index in [-0.39, 0.29) is 99.4 Å². The number of primary amides is 2. The fourth-order valence-electron chi connectivity index (χ4n) is 13.2. The van der Waals surface area contributed by atoms with Gasteiger partial charge in [-0.2, -0.15) is 4.99 Å². The van der Waals surface area contributed by atoms with E-state index in [0.29, 0.717) is 51.7 Å². The molecular formula is C71H117ClN10O12. The summed E-state index contributed by atoms with van der Waals surface area (Å²) in [7, 11) is 0. The van der Waals surface area contributed by atoms with Crippen LogP contribution in [0.5, 0.6) is 0 Å². The summed E-state index contributed by atoms with van der Waals surface area (Å²) in [5.74, 6) is -3.24. The lowest BCUT2D eigenvalue weighted by atomic mass is 9.79. The number of urea groups is 1. The van der Waals surface area contributed by atoms with Gasteiger partial charge in [0.2, 0.25) is 41.4 Å². The highest BCUT2D eigenvalue weighted by Crippen LogP contribution is 2.66. The smallest absolute Gasteiger partial charge is 0.315 e. The standard InChI is InChI=1S/C34H51N5O6.C22H38N4O4.C12H15NO2.3CH4.ClH/c1-32(2,3)27(37-31(44)38-33(4,5)19-45-18-21-12-9-8-10-13-21)30(43)39-17-22-24(34(22,6)7)25(39)29(42)36-23(26(40)28(35)41)16-20-14-11-15-20;1-21(2,3)17(23)20(30)26-10-12-14(22(12,4)5)15(26)19(29)25-13(16(27)18(24)28)9-11-7-6-8-11;1-12(2,13-10-14)9-15-8-11-6-4-3-5-7-11;;;;/h8-10,12-13,20,22-25,27H,11,14-19H2,1-7H3,(H2,35,41)(H,36,42)(H2,37,38,44);11-17,27H,6-10,23H2,1-5H3,(H2,24,28)(H,25,29);3-7H,8-9H2,1-2H3;3*1H4;1H/t22?,23?,24?,25-,27+;12?,13?,14?,15-,16?,17+;;;;;/m00...../s1. The Morgan fingerprint density at radius 2 is 1.09 bits per heavy atom. The van der Waals surface area contributed by atoms with Crippen molar-refractivity contribution in [2.75, 3.05) is 26.3 Å². The zero-order chi connectivity index (χ0) is 67.1. The van der Waals surface area contributed by atoms with Crippen LogP contribution in [0.2, 0.25) is 0 Å². The first-order valence-corrected chi connectivity index (χ1v) is 32.0. The Balaban J connectivity index is 0.000000529. The summed E-state index contributed by atoms with van der Waals surface area (Å²) < 4.78 is 11.3. The average molecular weight is 1340 g/mol. The molecule has 530 valence electrons. The van der Waals surface area contributed by atoms with E-state index < -0.39 is 93.8 Å². The summed E-state index contributed by atoms with van der Waals surface area (Å²) in [6.45, 7) is 29.5. The summed E-state index contributed by atoms with van der Waals surface area (Å²) >= 11 is 0. The van der Waals surface area contributed by atoms with Crippen molar-refractivity contribution >= 4 is 65.7 Å². The number of fused-ring (bicyclic) bond motifs is 2. The summed E-state index contributed by atoms with van der Waals surface area (Å²) in [5, 5.41) is 21.8. The molecule has 2 heterocycles. The van der Waals surface area contributed by atoms with E-state index in [0.717, 1.165) is 49.7 Å². The van der Waals surface area contributed by atoms with Crippen molar-refractivity contribution < 1.29 is 57.7 Å². The number of ketones is 1. The number of piperidine rings is 2. The minimum atomic E-state index is -1.44. The van der Waals surface area contributed by atoms with E-state index in [4.69, 9.17) is 26.7 Å². The molecule has 0 spiro atoms. The Bertz CT molecular complexity index is 2920. The maximum atomic E-state index is 14.2. The number of hydrogen-bond donors (Lipinski definition) is 8. The first kappa shape index (κ1) is 83.8. The molecule has 2 aromatic rings. The molecule has 7 unspecified atom stereocenters. The second-order valence-electron chi connectivity index (χ2n) is 30.7. The third-order valence-corrected chi connectivity index (χ3v) is 19.5. The third-order valence-electron chi connectivity index (χ3n) is 19.5. The van der Waals surface area contributed by atoms with Gasteiger partial charge in [0.25, 0.3) is 5.91 Å². The summed E-state index contributed by atoms with van der Waals surface area (Å²) in [6, 6.07) is 14.2. The fraction of sp³-hybridized carbons (Fsp3) is 0.704. The highest BCUT2D eigenvalue weighted by molar-refractivity contribution is 6.37. The van der Waals surface area contributed by atoms with E-state index in [1.54, 1.807) is 15.9 Å². The van der Waals surface area contributed by atoms with Gasteiger partial charge in [-0.15, -0.1) is 12.4 Å². The van der Waals surface area contributed by atoms with Crippen molar-refractivity contribution in [2.24, 2.45) is 79.4 Å². The number of Topliss-reactive ketones (excluding diaryl/α,β-unsaturated/α-hetero) is 1. The molecule has 94 heavy (non-hydrogen) atoms. The molecule has 4 saturated carbocycles. The highest BCUT2D eigenvalue weighted by Gasteiger charge is 2.71. The number of likely N-dealkylation sites (tertiary alicyclic amines) is 2. The number of carbonyl (C=O) groups is 8. The van der Waals surface area contributed by atoms with Crippen LogP contribution in [0.25, 0.3) is 0 Å². The minimum absolute atomic E-state index is 0. The summed E-state index contributed by atoms with van der Waals surface area (Å²) in [5.41, 5.74) is 16.5. The number of aliphatic hydroxyl groups excluding tert-OH is 1. The van der Waals surface area contributed by atoms with Crippen LogP contribution in [0.15, 0.2) is 65.7 Å². The van der Waals surface area contributed by atoms with Crippen LogP contribution in [-0.2, 0) is 61.0 Å². The predicted molar refractivity (Wildman–Crippen MR) is 368 cm³/mol. The van der Waals surface area contributed by atoms with Gasteiger partial charge < -0.3 is 62.8 Å². The fourth-order valence-corrected chi connectivity index (χ4v) is 13.2. The van der Waals surface area contributed by atoms with E-state index in [9.17, 15) is 48.3 Å². The number of rotatable bonds is 25. The molecule has 2 aliphatic heterocycles. The topological polar surface area (TPSA) is 337 Å². The highest BCUT2D eigenvalue weighted by atomic mass is 35.5. The van der Waals surface area contributed by atoms with Gasteiger partial charge in [-0.05, 0) is 109 Å². The normalized spacial score (nSPS) is 22.8. The van der Waals surface area contributed by atoms with Crippen molar-refractivity contribution in [2.45, 2.75) is 237 Å². The van der Waals surface area contributed by atoms with Gasteiger partial charge in [0.15, 0.2) is 6.10 Å². The van der Waals surface area contributed by atoms with Crippen molar-refractivity contribution in [1.82, 2.24) is 31.1 Å². The maximum absolute atomic E-state index is 14.2. The van der Waals surface area contributed by atoms with Crippen molar-refractivity contribution in [3.63, 3.8) is 0 Å². The van der Waals surface area contributed by atoms with Gasteiger partial charge in [0.05, 0.1) is 55.6 Å². The molecule has 0 bridgehead atoms. The SMILES string of the molecule is C.C.C.CC(C)(COCc1ccccc1)N=C=O.CC(C)(COCc1ccccc1)NC(=O)N[C@H](C(=O)N1CC2C([C@H]1C(=O)NC(CC1CCC1)C(=O)C(N)=O)C2(C)C)C(C)(C)C.CC1(C)C2CN(C(=O)[C@@H](N)C(C)(C)C)[C@H](C(=O)NC(CC3CCC3)C(O)C(N)=O)C21.Cl. The number of hydrogen-bond acceptors (Lipinski definition) is 14. The molecule has 0 radical (unpaired) electrons. The average Bonchev–Trinajstić information content (AvgIpc) is 1.53. The molecule has 6 fully saturated rings. The number of ether oxygens (including phenoxy) is 2.